The van der Waals surface area contributed by atoms with Crippen LogP contribution in [0.1, 0.15) is 13.8 Å². The summed E-state index contributed by atoms with van der Waals surface area (Å²) in [5.41, 5.74) is 1.20. The van der Waals surface area contributed by atoms with Gasteiger partial charge in [-0.2, -0.15) is 0 Å². The first-order valence-corrected chi connectivity index (χ1v) is 4.74. The van der Waals surface area contributed by atoms with Crippen LogP contribution < -0.4 is 22.0 Å². The molecule has 0 aliphatic carbocycles. The van der Waals surface area contributed by atoms with E-state index in [-0.39, 0.29) is 18.4 Å². The smallest absolute Gasteiger partial charge is 0.308 e. The highest BCUT2D eigenvalue weighted by Gasteiger charge is 2.04. The molecule has 0 spiro atoms. The Morgan fingerprint density at radius 3 is 2.27 bits per heavy atom. The van der Waals surface area contributed by atoms with Gasteiger partial charge in [0.25, 0.3) is 0 Å². The topological polar surface area (TPSA) is 30.7 Å². The molecule has 0 saturated heterocycles. The number of hydrogen-bond acceptors (Lipinski definition) is 2. The van der Waals surface area contributed by atoms with Crippen molar-refractivity contribution in [2.45, 2.75) is 13.8 Å². The van der Waals surface area contributed by atoms with Crippen molar-refractivity contribution < 1.29 is 26.8 Å². The second-order valence-electron chi connectivity index (χ2n) is 3.25. The van der Waals surface area contributed by atoms with Crippen molar-refractivity contribution in [3.05, 3.63) is 24.3 Å². The Morgan fingerprint density at radius 2 is 1.87 bits per heavy atom. The van der Waals surface area contributed by atoms with Crippen LogP contribution in [-0.4, -0.2) is 19.6 Å². The van der Waals surface area contributed by atoms with Gasteiger partial charge in [-0.1, -0.05) is 0 Å². The highest BCUT2D eigenvalue weighted by atomic mass is 35.5. The summed E-state index contributed by atoms with van der Waals surface area (Å²) < 4.78 is 4.93. The van der Waals surface area contributed by atoms with Crippen molar-refractivity contribution in [1.82, 2.24) is 0 Å². The minimum Gasteiger partial charge on any atom is -1.00 e. The van der Waals surface area contributed by atoms with E-state index in [9.17, 15) is 4.79 Å². The molecule has 1 rings (SSSR count). The summed E-state index contributed by atoms with van der Waals surface area (Å²) in [5, 5.41) is 0. The zero-order chi connectivity index (χ0) is 10.6. The third kappa shape index (κ3) is 4.32. The average molecular weight is 230 g/mol. The molecule has 1 N–H and O–H groups in total. The van der Waals surface area contributed by atoms with Gasteiger partial charge in [0.15, 0.2) is 0 Å². The van der Waals surface area contributed by atoms with Crippen LogP contribution in [0.2, 0.25) is 0 Å². The van der Waals surface area contributed by atoms with Gasteiger partial charge in [0.1, 0.15) is 11.4 Å². The van der Waals surface area contributed by atoms with Gasteiger partial charge in [-0.25, -0.2) is 0 Å². The van der Waals surface area contributed by atoms with Gasteiger partial charge in [-0.15, -0.1) is 0 Å². The molecule has 0 fully saturated rings. The third-order valence-corrected chi connectivity index (χ3v) is 2.14. The Balaban J connectivity index is 0.00000196. The molecule has 1 aromatic carbocycles. The molecule has 0 aromatic heterocycles. The van der Waals surface area contributed by atoms with Gasteiger partial charge in [0, 0.05) is 19.1 Å². The monoisotopic (exact) mass is 229 g/mol. The summed E-state index contributed by atoms with van der Waals surface area (Å²) in [6, 6.07) is 7.57. The van der Waals surface area contributed by atoms with Crippen LogP contribution in [-0.2, 0) is 4.79 Å². The molecule has 0 radical (unpaired) electrons. The molecule has 0 amide bonds. The Labute approximate surface area is 96.4 Å². The lowest BCUT2D eigenvalue weighted by atomic mass is 10.3. The largest absolute Gasteiger partial charge is 1.00 e. The maximum Gasteiger partial charge on any atom is 0.308 e. The fourth-order valence-corrected chi connectivity index (χ4v) is 1.18. The molecule has 1 aromatic rings. The lowest BCUT2D eigenvalue weighted by Gasteiger charge is -2.10. The van der Waals surface area contributed by atoms with E-state index in [2.05, 4.69) is 14.0 Å². The Bertz CT molecular complexity index is 311. The molecule has 0 bridgehead atoms. The van der Waals surface area contributed by atoms with Crippen LogP contribution in [0.3, 0.4) is 0 Å². The summed E-state index contributed by atoms with van der Waals surface area (Å²) in [4.78, 5) is 12.0. The Morgan fingerprint density at radius 1 is 1.33 bits per heavy atom. The van der Waals surface area contributed by atoms with Gasteiger partial charge >= 0.3 is 5.97 Å². The van der Waals surface area contributed by atoms with Crippen molar-refractivity contribution in [3.8, 4) is 5.75 Å². The van der Waals surface area contributed by atoms with E-state index in [0.717, 1.165) is 6.54 Å². The summed E-state index contributed by atoms with van der Waals surface area (Å²) in [7, 11) is 2.10. The lowest BCUT2D eigenvalue weighted by Crippen LogP contribution is -3.03. The molecule has 15 heavy (non-hydrogen) atoms. The minimum atomic E-state index is -0.283. The zero-order valence-electron chi connectivity index (χ0n) is 9.21. The molecule has 3 nitrogen and oxygen atoms in total. The number of esters is 1. The number of carbonyl (C=O) groups is 1. The number of nitrogens with one attached hydrogen (secondary N) is 1. The number of ether oxygens (including phenoxy) is 1. The zero-order valence-corrected chi connectivity index (χ0v) is 9.97. The SMILES string of the molecule is CC[NH+](C)c1ccc(OC(C)=O)cc1.[Cl-]. The fourth-order valence-electron chi connectivity index (χ4n) is 1.18. The quantitative estimate of drug-likeness (QED) is 0.471. The van der Waals surface area contributed by atoms with Crippen LogP contribution in [0.25, 0.3) is 0 Å². The van der Waals surface area contributed by atoms with Crippen molar-refractivity contribution in [2.75, 3.05) is 13.6 Å². The second kappa shape index (κ2) is 6.43. The number of benzene rings is 1. The second-order valence-corrected chi connectivity index (χ2v) is 3.25. The number of carbonyl (C=O) groups excluding carboxylic acids is 1. The van der Waals surface area contributed by atoms with E-state index in [1.165, 1.54) is 17.5 Å². The van der Waals surface area contributed by atoms with Gasteiger partial charge in [-0.05, 0) is 19.1 Å². The summed E-state index contributed by atoms with van der Waals surface area (Å²) >= 11 is 0. The molecule has 84 valence electrons. The van der Waals surface area contributed by atoms with Gasteiger partial charge in [0.05, 0.1) is 13.6 Å². The molecule has 1 unspecified atom stereocenters. The van der Waals surface area contributed by atoms with Crippen LogP contribution in [0, 0.1) is 0 Å². The molecule has 1 atom stereocenters. The number of quaternary nitrogens is 1. The molecule has 0 aliphatic heterocycles. The van der Waals surface area contributed by atoms with E-state index in [0.29, 0.717) is 5.75 Å². The third-order valence-electron chi connectivity index (χ3n) is 2.14. The highest BCUT2D eigenvalue weighted by molar-refractivity contribution is 5.69. The average Bonchev–Trinajstić information content (AvgIpc) is 2.17. The summed E-state index contributed by atoms with van der Waals surface area (Å²) in [6.45, 7) is 4.56. The maximum atomic E-state index is 10.7. The van der Waals surface area contributed by atoms with Crippen LogP contribution in [0.4, 0.5) is 5.69 Å². The predicted molar refractivity (Wildman–Crippen MR) is 54.8 cm³/mol. The molecule has 0 heterocycles. The van der Waals surface area contributed by atoms with Crippen molar-refractivity contribution in [1.29, 1.82) is 0 Å². The first-order valence-electron chi connectivity index (χ1n) is 4.74. The Hall–Kier alpha value is -1.06. The van der Waals surface area contributed by atoms with E-state index >= 15 is 0 Å². The van der Waals surface area contributed by atoms with E-state index in [1.54, 1.807) is 0 Å². The minimum absolute atomic E-state index is 0. The van der Waals surface area contributed by atoms with Crippen molar-refractivity contribution >= 4 is 11.7 Å². The van der Waals surface area contributed by atoms with E-state index in [1.807, 2.05) is 24.3 Å². The number of rotatable bonds is 3. The van der Waals surface area contributed by atoms with E-state index < -0.39 is 0 Å². The highest BCUT2D eigenvalue weighted by Crippen LogP contribution is 2.12. The van der Waals surface area contributed by atoms with Gasteiger partial charge in [-0.3, -0.25) is 4.79 Å². The standard InChI is InChI=1S/C11H15NO2.ClH/c1-4-12(3)10-5-7-11(8-6-10)14-9(2)13;/h5-8H,4H2,1-3H3;1H. The normalized spacial score (nSPS) is 11.4. The lowest BCUT2D eigenvalue weighted by molar-refractivity contribution is -0.807. The molecule has 0 saturated carbocycles. The summed E-state index contributed by atoms with van der Waals surface area (Å²) in [6.07, 6.45) is 0. The van der Waals surface area contributed by atoms with Crippen molar-refractivity contribution in [3.63, 3.8) is 0 Å². The first kappa shape index (κ1) is 13.9. The van der Waals surface area contributed by atoms with Crippen LogP contribution in [0.15, 0.2) is 24.3 Å². The predicted octanol–water partition coefficient (Wildman–Crippen LogP) is -2.22. The van der Waals surface area contributed by atoms with Gasteiger partial charge in [0.2, 0.25) is 0 Å². The Kier molecular flexibility index (Phi) is 5.97. The number of hydrogen-bond donors (Lipinski definition) is 1. The maximum absolute atomic E-state index is 10.7. The van der Waals surface area contributed by atoms with E-state index in [4.69, 9.17) is 4.74 Å². The summed E-state index contributed by atoms with van der Waals surface area (Å²) in [5.74, 6) is 0.319. The molecular weight excluding hydrogens is 214 g/mol. The molecular formula is C11H16ClNO2. The van der Waals surface area contributed by atoms with Crippen molar-refractivity contribution in [2.24, 2.45) is 0 Å². The van der Waals surface area contributed by atoms with Gasteiger partial charge < -0.3 is 22.0 Å². The fraction of sp³-hybridized carbons (Fsp3) is 0.364. The molecule has 4 heteroatoms. The number of halogens is 1. The molecule has 0 aliphatic rings. The first-order chi connectivity index (χ1) is 6.63. The van der Waals surface area contributed by atoms with Crippen LogP contribution >= 0.6 is 0 Å². The van der Waals surface area contributed by atoms with Crippen LogP contribution in [0.5, 0.6) is 5.75 Å².